The Bertz CT molecular complexity index is 601. The summed E-state index contributed by atoms with van der Waals surface area (Å²) in [5.74, 6) is 2.71. The van der Waals surface area contributed by atoms with Crippen molar-refractivity contribution < 1.29 is 0 Å². The van der Waals surface area contributed by atoms with Crippen molar-refractivity contribution in [3.8, 4) is 0 Å². The van der Waals surface area contributed by atoms with Crippen LogP contribution in [0.1, 0.15) is 31.2 Å². The molecule has 0 aliphatic heterocycles. The summed E-state index contributed by atoms with van der Waals surface area (Å²) in [4.78, 5) is 0. The molecule has 2 aliphatic carbocycles. The highest BCUT2D eigenvalue weighted by Gasteiger charge is 2.52. The third-order valence-electron chi connectivity index (χ3n) is 5.55. The number of rotatable bonds is 3. The van der Waals surface area contributed by atoms with Crippen LogP contribution in [0.5, 0.6) is 0 Å². The maximum Gasteiger partial charge on any atom is 0.0113 e. The van der Waals surface area contributed by atoms with Gasteiger partial charge in [0.1, 0.15) is 0 Å². The van der Waals surface area contributed by atoms with Gasteiger partial charge >= 0.3 is 0 Å². The Hall–Kier alpha value is -1.34. The SMILES string of the molecule is NC(Cc1cccc2ccccc12)C1C2CCCCC21. The van der Waals surface area contributed by atoms with E-state index in [1.165, 1.54) is 42.0 Å². The molecule has 2 aromatic carbocycles. The minimum Gasteiger partial charge on any atom is -0.327 e. The monoisotopic (exact) mass is 265 g/mol. The zero-order valence-electron chi connectivity index (χ0n) is 12.0. The highest BCUT2D eigenvalue weighted by Crippen LogP contribution is 2.56. The number of hydrogen-bond donors (Lipinski definition) is 1. The minimum atomic E-state index is 0.355. The molecule has 0 heterocycles. The second-order valence-corrected chi connectivity index (χ2v) is 6.70. The van der Waals surface area contributed by atoms with Gasteiger partial charge in [0.15, 0.2) is 0 Å². The minimum absolute atomic E-state index is 0.355. The molecular weight excluding hydrogens is 242 g/mol. The quantitative estimate of drug-likeness (QED) is 0.886. The van der Waals surface area contributed by atoms with Crippen molar-refractivity contribution >= 4 is 10.8 Å². The fraction of sp³-hybridized carbons (Fsp3) is 0.474. The third kappa shape index (κ3) is 2.05. The molecule has 2 aliphatic rings. The van der Waals surface area contributed by atoms with E-state index in [4.69, 9.17) is 5.73 Å². The zero-order valence-corrected chi connectivity index (χ0v) is 12.0. The first-order valence-corrected chi connectivity index (χ1v) is 8.07. The molecule has 2 N–H and O–H groups in total. The van der Waals surface area contributed by atoms with Crippen LogP contribution in [-0.4, -0.2) is 6.04 Å². The van der Waals surface area contributed by atoms with Crippen LogP contribution in [0.4, 0.5) is 0 Å². The fourth-order valence-corrected chi connectivity index (χ4v) is 4.54. The first-order valence-electron chi connectivity index (χ1n) is 8.07. The van der Waals surface area contributed by atoms with Crippen molar-refractivity contribution in [2.45, 2.75) is 38.1 Å². The molecule has 1 nitrogen and oxygen atoms in total. The zero-order chi connectivity index (χ0) is 13.5. The average Bonchev–Trinajstić information content (AvgIpc) is 3.22. The normalized spacial score (nSPS) is 29.9. The van der Waals surface area contributed by atoms with E-state index in [-0.39, 0.29) is 0 Å². The van der Waals surface area contributed by atoms with Gasteiger partial charge in [-0.15, -0.1) is 0 Å². The van der Waals surface area contributed by atoms with Gasteiger partial charge in [-0.1, -0.05) is 55.3 Å². The molecule has 2 saturated carbocycles. The number of benzene rings is 2. The predicted octanol–water partition coefficient (Wildman–Crippen LogP) is 4.15. The second-order valence-electron chi connectivity index (χ2n) is 6.70. The van der Waals surface area contributed by atoms with Crippen molar-refractivity contribution in [1.29, 1.82) is 0 Å². The van der Waals surface area contributed by atoms with Crippen LogP contribution >= 0.6 is 0 Å². The molecule has 0 saturated heterocycles. The fourth-order valence-electron chi connectivity index (χ4n) is 4.54. The topological polar surface area (TPSA) is 26.0 Å². The van der Waals surface area contributed by atoms with Crippen LogP contribution in [-0.2, 0) is 6.42 Å². The van der Waals surface area contributed by atoms with E-state index in [0.717, 1.165) is 24.2 Å². The molecular formula is C19H23N. The van der Waals surface area contributed by atoms with E-state index >= 15 is 0 Å². The van der Waals surface area contributed by atoms with Crippen LogP contribution in [0.15, 0.2) is 42.5 Å². The van der Waals surface area contributed by atoms with Gasteiger partial charge in [-0.3, -0.25) is 0 Å². The maximum atomic E-state index is 6.56. The Kier molecular flexibility index (Phi) is 3.03. The lowest BCUT2D eigenvalue weighted by molar-refractivity contribution is 0.480. The van der Waals surface area contributed by atoms with Crippen molar-refractivity contribution in [1.82, 2.24) is 0 Å². The molecule has 2 fully saturated rings. The van der Waals surface area contributed by atoms with Crippen molar-refractivity contribution in [2.24, 2.45) is 23.5 Å². The number of hydrogen-bond acceptors (Lipinski definition) is 1. The molecule has 0 spiro atoms. The van der Waals surface area contributed by atoms with Crippen LogP contribution in [0, 0.1) is 17.8 Å². The molecule has 0 bridgehead atoms. The molecule has 1 heteroatoms. The lowest BCUT2D eigenvalue weighted by atomic mass is 9.96. The van der Waals surface area contributed by atoms with Gasteiger partial charge in [0.2, 0.25) is 0 Å². The first kappa shape index (κ1) is 12.4. The van der Waals surface area contributed by atoms with E-state index in [0.29, 0.717) is 6.04 Å². The summed E-state index contributed by atoms with van der Waals surface area (Å²) in [7, 11) is 0. The van der Waals surface area contributed by atoms with Gasteiger partial charge in [0.05, 0.1) is 0 Å². The van der Waals surface area contributed by atoms with Gasteiger partial charge in [0.25, 0.3) is 0 Å². The van der Waals surface area contributed by atoms with Gasteiger partial charge < -0.3 is 5.73 Å². The molecule has 3 atom stereocenters. The van der Waals surface area contributed by atoms with E-state index in [2.05, 4.69) is 42.5 Å². The smallest absolute Gasteiger partial charge is 0.0113 e. The van der Waals surface area contributed by atoms with Crippen LogP contribution in [0.3, 0.4) is 0 Å². The Labute approximate surface area is 121 Å². The second kappa shape index (κ2) is 4.89. The Morgan fingerprint density at radius 2 is 1.65 bits per heavy atom. The van der Waals surface area contributed by atoms with E-state index < -0.39 is 0 Å². The number of fused-ring (bicyclic) bond motifs is 2. The average molecular weight is 265 g/mol. The van der Waals surface area contributed by atoms with E-state index in [1.807, 2.05) is 0 Å². The van der Waals surface area contributed by atoms with Crippen LogP contribution in [0.2, 0.25) is 0 Å². The highest BCUT2D eigenvalue weighted by atomic mass is 14.7. The molecule has 3 unspecified atom stereocenters. The summed E-state index contributed by atoms with van der Waals surface area (Å²) < 4.78 is 0. The highest BCUT2D eigenvalue weighted by molar-refractivity contribution is 5.85. The lowest BCUT2D eigenvalue weighted by Crippen LogP contribution is -2.26. The summed E-state index contributed by atoms with van der Waals surface area (Å²) in [6, 6.07) is 15.7. The summed E-state index contributed by atoms with van der Waals surface area (Å²) in [5, 5.41) is 2.72. The summed E-state index contributed by atoms with van der Waals surface area (Å²) in [6.07, 6.45) is 6.76. The summed E-state index contributed by atoms with van der Waals surface area (Å²) >= 11 is 0. The van der Waals surface area contributed by atoms with Crippen molar-refractivity contribution in [3.05, 3.63) is 48.0 Å². The molecule has 4 rings (SSSR count). The summed E-state index contributed by atoms with van der Waals surface area (Å²) in [5.41, 5.74) is 7.99. The Balaban J connectivity index is 1.56. The van der Waals surface area contributed by atoms with Gasteiger partial charge in [0, 0.05) is 6.04 Å². The molecule has 104 valence electrons. The van der Waals surface area contributed by atoms with E-state index in [9.17, 15) is 0 Å². The lowest BCUT2D eigenvalue weighted by Gasteiger charge is -2.13. The standard InChI is InChI=1S/C19H23N/c20-18(19-16-10-3-4-11-17(16)19)12-14-8-5-7-13-6-1-2-9-15(13)14/h1-2,5-9,16-19H,3-4,10-12,20H2. The Morgan fingerprint density at radius 3 is 2.45 bits per heavy atom. The molecule has 2 aromatic rings. The largest absolute Gasteiger partial charge is 0.327 e. The molecule has 0 amide bonds. The van der Waals surface area contributed by atoms with Gasteiger partial charge in [-0.2, -0.15) is 0 Å². The van der Waals surface area contributed by atoms with Crippen LogP contribution in [0.25, 0.3) is 10.8 Å². The number of nitrogens with two attached hydrogens (primary N) is 1. The van der Waals surface area contributed by atoms with Gasteiger partial charge in [-0.25, -0.2) is 0 Å². The molecule has 20 heavy (non-hydrogen) atoms. The molecule has 0 aromatic heterocycles. The van der Waals surface area contributed by atoms with Crippen LogP contribution < -0.4 is 5.73 Å². The first-order chi connectivity index (χ1) is 9.84. The third-order valence-corrected chi connectivity index (χ3v) is 5.55. The van der Waals surface area contributed by atoms with Crippen molar-refractivity contribution in [2.75, 3.05) is 0 Å². The van der Waals surface area contributed by atoms with Gasteiger partial charge in [-0.05, 0) is 53.4 Å². The molecule has 0 radical (unpaired) electrons. The van der Waals surface area contributed by atoms with Crippen molar-refractivity contribution in [3.63, 3.8) is 0 Å². The van der Waals surface area contributed by atoms with E-state index in [1.54, 1.807) is 0 Å². The summed E-state index contributed by atoms with van der Waals surface area (Å²) in [6.45, 7) is 0. The maximum absolute atomic E-state index is 6.56. The Morgan fingerprint density at radius 1 is 0.950 bits per heavy atom. The predicted molar refractivity (Wildman–Crippen MR) is 84.6 cm³/mol.